The summed E-state index contributed by atoms with van der Waals surface area (Å²) in [7, 11) is 0. The van der Waals surface area contributed by atoms with Crippen molar-refractivity contribution in [1.82, 2.24) is 5.32 Å². The Morgan fingerprint density at radius 3 is 2.91 bits per heavy atom. The number of thioether (sulfide) groups is 1. The van der Waals surface area contributed by atoms with Crippen LogP contribution in [0.5, 0.6) is 5.75 Å². The van der Waals surface area contributed by atoms with Gasteiger partial charge in [-0.1, -0.05) is 19.1 Å². The van der Waals surface area contributed by atoms with Crippen LogP contribution in [0.4, 0.5) is 0 Å². The number of carbonyl (C=O) groups is 1. The fraction of sp³-hybridized carbons (Fsp3) is 0.389. The maximum Gasteiger partial charge on any atom is 0.261 e. The minimum Gasteiger partial charge on any atom is -0.481 e. The lowest BCUT2D eigenvalue weighted by molar-refractivity contribution is -0.127. The average Bonchev–Trinajstić information content (AvgIpc) is 3.05. The molecule has 0 unspecified atom stereocenters. The number of rotatable bonds is 9. The number of hydrogen-bond acceptors (Lipinski definition) is 4. The van der Waals surface area contributed by atoms with E-state index in [0.717, 1.165) is 28.6 Å². The van der Waals surface area contributed by atoms with E-state index >= 15 is 0 Å². The van der Waals surface area contributed by atoms with Crippen LogP contribution in [0.15, 0.2) is 47.1 Å². The zero-order chi connectivity index (χ0) is 16.5. The minimum absolute atomic E-state index is 0.0624. The van der Waals surface area contributed by atoms with Gasteiger partial charge in [-0.05, 0) is 43.2 Å². The molecule has 0 spiro atoms. The Morgan fingerprint density at radius 2 is 2.22 bits per heavy atom. The summed E-state index contributed by atoms with van der Waals surface area (Å²) < 4.78 is 11.1. The summed E-state index contributed by atoms with van der Waals surface area (Å²) in [5.41, 5.74) is 1.12. The van der Waals surface area contributed by atoms with Crippen molar-refractivity contribution >= 4 is 17.7 Å². The largest absolute Gasteiger partial charge is 0.481 e. The third kappa shape index (κ3) is 6.02. The van der Waals surface area contributed by atoms with Gasteiger partial charge in [0.05, 0.1) is 12.0 Å². The van der Waals surface area contributed by atoms with Gasteiger partial charge >= 0.3 is 0 Å². The standard InChI is InChI=1S/C18H23NO3S/c1-3-17(22-15-7-4-6-14(2)12-15)18(20)19-9-11-23-13-16-8-5-10-21-16/h4-8,10,12,17H,3,9,11,13H2,1-2H3,(H,19,20)/t17-/m1/s1. The molecule has 0 saturated heterocycles. The van der Waals surface area contributed by atoms with Gasteiger partial charge in [0, 0.05) is 12.3 Å². The van der Waals surface area contributed by atoms with Gasteiger partial charge in [-0.3, -0.25) is 4.79 Å². The number of aryl methyl sites for hydroxylation is 1. The number of nitrogens with one attached hydrogen (secondary N) is 1. The van der Waals surface area contributed by atoms with Crippen LogP contribution in [0.3, 0.4) is 0 Å². The molecule has 1 amide bonds. The van der Waals surface area contributed by atoms with Gasteiger partial charge < -0.3 is 14.5 Å². The summed E-state index contributed by atoms with van der Waals surface area (Å²) in [6, 6.07) is 11.6. The van der Waals surface area contributed by atoms with Crippen LogP contribution in [0, 0.1) is 6.92 Å². The van der Waals surface area contributed by atoms with Crippen LogP contribution in [0.2, 0.25) is 0 Å². The molecular formula is C18H23NO3S. The third-order valence-corrected chi connectivity index (χ3v) is 4.28. The molecule has 1 atom stereocenters. The number of hydrogen-bond donors (Lipinski definition) is 1. The van der Waals surface area contributed by atoms with Crippen LogP contribution < -0.4 is 10.1 Å². The molecule has 1 N–H and O–H groups in total. The molecule has 0 bridgehead atoms. The molecule has 0 radical (unpaired) electrons. The quantitative estimate of drug-likeness (QED) is 0.709. The van der Waals surface area contributed by atoms with Gasteiger partial charge in [-0.15, -0.1) is 0 Å². The first-order valence-electron chi connectivity index (χ1n) is 7.80. The monoisotopic (exact) mass is 333 g/mol. The average molecular weight is 333 g/mol. The van der Waals surface area contributed by atoms with Crippen molar-refractivity contribution in [2.45, 2.75) is 32.1 Å². The van der Waals surface area contributed by atoms with Crippen molar-refractivity contribution in [3.05, 3.63) is 54.0 Å². The number of amides is 1. The highest BCUT2D eigenvalue weighted by molar-refractivity contribution is 7.98. The smallest absolute Gasteiger partial charge is 0.261 e. The molecule has 1 heterocycles. The topological polar surface area (TPSA) is 51.5 Å². The minimum atomic E-state index is -0.452. The second kappa shape index (κ2) is 9.30. The Bertz CT molecular complexity index is 598. The lowest BCUT2D eigenvalue weighted by atomic mass is 10.2. The van der Waals surface area contributed by atoms with Crippen molar-refractivity contribution in [3.8, 4) is 5.75 Å². The SMILES string of the molecule is CC[C@@H](Oc1cccc(C)c1)C(=O)NCCSCc1ccco1. The number of ether oxygens (including phenoxy) is 1. The Hall–Kier alpha value is -1.88. The van der Waals surface area contributed by atoms with Gasteiger partial charge in [0.1, 0.15) is 11.5 Å². The van der Waals surface area contributed by atoms with E-state index in [1.54, 1.807) is 18.0 Å². The molecule has 5 heteroatoms. The summed E-state index contributed by atoms with van der Waals surface area (Å²) >= 11 is 1.73. The number of carbonyl (C=O) groups excluding carboxylic acids is 1. The van der Waals surface area contributed by atoms with Gasteiger partial charge in [-0.25, -0.2) is 0 Å². The van der Waals surface area contributed by atoms with Crippen molar-refractivity contribution < 1.29 is 13.9 Å². The predicted octanol–water partition coefficient (Wildman–Crippen LogP) is 3.80. The van der Waals surface area contributed by atoms with E-state index in [1.165, 1.54) is 0 Å². The van der Waals surface area contributed by atoms with E-state index < -0.39 is 6.10 Å². The number of furan rings is 1. The maximum atomic E-state index is 12.2. The van der Waals surface area contributed by atoms with Crippen LogP contribution in [-0.2, 0) is 10.5 Å². The third-order valence-electron chi connectivity index (χ3n) is 3.30. The first-order valence-corrected chi connectivity index (χ1v) is 8.95. The fourth-order valence-corrected chi connectivity index (χ4v) is 2.86. The maximum absolute atomic E-state index is 12.2. The van der Waals surface area contributed by atoms with Crippen molar-refractivity contribution in [2.75, 3.05) is 12.3 Å². The summed E-state index contributed by atoms with van der Waals surface area (Å²) in [5.74, 6) is 3.29. The van der Waals surface area contributed by atoms with Crippen LogP contribution >= 0.6 is 11.8 Å². The molecule has 23 heavy (non-hydrogen) atoms. The van der Waals surface area contributed by atoms with Crippen LogP contribution in [0.25, 0.3) is 0 Å². The zero-order valence-corrected chi connectivity index (χ0v) is 14.4. The summed E-state index contributed by atoms with van der Waals surface area (Å²) in [6.07, 6.45) is 1.86. The molecular weight excluding hydrogens is 310 g/mol. The van der Waals surface area contributed by atoms with Crippen LogP contribution in [0.1, 0.15) is 24.7 Å². The van der Waals surface area contributed by atoms with E-state index in [4.69, 9.17) is 9.15 Å². The molecule has 2 rings (SSSR count). The highest BCUT2D eigenvalue weighted by Gasteiger charge is 2.17. The molecule has 0 saturated carbocycles. The molecule has 0 aliphatic heterocycles. The molecule has 124 valence electrons. The highest BCUT2D eigenvalue weighted by Crippen LogP contribution is 2.15. The lowest BCUT2D eigenvalue weighted by Gasteiger charge is -2.17. The molecule has 4 nitrogen and oxygen atoms in total. The second-order valence-corrected chi connectivity index (χ2v) is 6.36. The molecule has 0 aliphatic rings. The van der Waals surface area contributed by atoms with Crippen molar-refractivity contribution in [2.24, 2.45) is 0 Å². The fourth-order valence-electron chi connectivity index (χ4n) is 2.10. The zero-order valence-electron chi connectivity index (χ0n) is 13.6. The predicted molar refractivity (Wildman–Crippen MR) is 93.8 cm³/mol. The Morgan fingerprint density at radius 1 is 1.35 bits per heavy atom. The Kier molecular flexibility index (Phi) is 7.07. The Labute approximate surface area is 141 Å². The number of benzene rings is 1. The molecule has 0 aliphatic carbocycles. The molecule has 1 aromatic heterocycles. The van der Waals surface area contributed by atoms with Gasteiger partial charge in [0.15, 0.2) is 6.10 Å². The van der Waals surface area contributed by atoms with E-state index in [0.29, 0.717) is 13.0 Å². The second-order valence-electron chi connectivity index (χ2n) is 5.25. The Balaban J connectivity index is 1.70. The van der Waals surface area contributed by atoms with Gasteiger partial charge in [0.2, 0.25) is 0 Å². The first kappa shape index (κ1) is 17.5. The van der Waals surface area contributed by atoms with Gasteiger partial charge in [-0.2, -0.15) is 11.8 Å². The van der Waals surface area contributed by atoms with Crippen molar-refractivity contribution in [3.63, 3.8) is 0 Å². The lowest BCUT2D eigenvalue weighted by Crippen LogP contribution is -2.39. The normalized spacial score (nSPS) is 11.9. The first-order chi connectivity index (χ1) is 11.2. The van der Waals surface area contributed by atoms with Crippen molar-refractivity contribution in [1.29, 1.82) is 0 Å². The molecule has 2 aromatic rings. The van der Waals surface area contributed by atoms with E-state index in [9.17, 15) is 4.79 Å². The van der Waals surface area contributed by atoms with E-state index in [-0.39, 0.29) is 5.91 Å². The van der Waals surface area contributed by atoms with Crippen LogP contribution in [-0.4, -0.2) is 24.3 Å². The summed E-state index contributed by atoms with van der Waals surface area (Å²) in [6.45, 7) is 4.58. The summed E-state index contributed by atoms with van der Waals surface area (Å²) in [4.78, 5) is 12.2. The molecule has 1 aromatic carbocycles. The van der Waals surface area contributed by atoms with E-state index in [1.807, 2.05) is 50.2 Å². The van der Waals surface area contributed by atoms with Gasteiger partial charge in [0.25, 0.3) is 5.91 Å². The highest BCUT2D eigenvalue weighted by atomic mass is 32.2. The summed E-state index contributed by atoms with van der Waals surface area (Å²) in [5, 5.41) is 2.93. The van der Waals surface area contributed by atoms with E-state index in [2.05, 4.69) is 5.32 Å². The molecule has 0 fully saturated rings.